The number of methoxy groups -OCH3 is 1. The Balaban J connectivity index is 1.48. The molecular formula is C32H39N7O3. The van der Waals surface area contributed by atoms with Crippen LogP contribution in [0.5, 0.6) is 0 Å². The fraction of sp³-hybridized carbons (Fsp3) is 0.406. The lowest BCUT2D eigenvalue weighted by Crippen LogP contribution is -2.46. The number of piperidine rings is 1. The molecule has 2 aromatic carbocycles. The van der Waals surface area contributed by atoms with Crippen molar-refractivity contribution >= 4 is 28.6 Å². The lowest BCUT2D eigenvalue weighted by molar-refractivity contribution is 0.100. The summed E-state index contributed by atoms with van der Waals surface area (Å²) in [5.41, 5.74) is 9.62. The first kappa shape index (κ1) is 27.8. The number of hydrogen-bond donors (Lipinski definition) is 2. The Hall–Kier alpha value is -4.31. The summed E-state index contributed by atoms with van der Waals surface area (Å²) < 4.78 is 7.22. The summed E-state index contributed by atoms with van der Waals surface area (Å²) >= 11 is 0. The van der Waals surface area contributed by atoms with Gasteiger partial charge in [0.2, 0.25) is 0 Å². The number of hydrogen-bond acceptors (Lipinski definition) is 6. The fourth-order valence-electron chi connectivity index (χ4n) is 6.63. The van der Waals surface area contributed by atoms with Gasteiger partial charge in [0.25, 0.3) is 5.91 Å². The second-order valence-electron chi connectivity index (χ2n) is 11.5. The van der Waals surface area contributed by atoms with E-state index >= 15 is 0 Å². The van der Waals surface area contributed by atoms with Crippen LogP contribution < -0.4 is 10.6 Å². The number of nitrogens with one attached hydrogen (secondary N) is 1. The molecule has 2 fully saturated rings. The molecule has 0 bridgehead atoms. The molecule has 2 aliphatic heterocycles. The maximum atomic E-state index is 13.4. The number of nitrogens with two attached hydrogens (primary N) is 1. The van der Waals surface area contributed by atoms with Gasteiger partial charge in [0.1, 0.15) is 5.82 Å². The van der Waals surface area contributed by atoms with Crippen molar-refractivity contribution in [2.75, 3.05) is 58.3 Å². The summed E-state index contributed by atoms with van der Waals surface area (Å²) in [6, 6.07) is 14.4. The summed E-state index contributed by atoms with van der Waals surface area (Å²) in [5.74, 6) is 0.811. The first-order valence-electron chi connectivity index (χ1n) is 14.7. The third-order valence-electron chi connectivity index (χ3n) is 8.95. The second-order valence-corrected chi connectivity index (χ2v) is 11.5. The van der Waals surface area contributed by atoms with Gasteiger partial charge in [0.05, 0.1) is 36.9 Å². The quantitative estimate of drug-likeness (QED) is 0.343. The molecule has 2 aromatic heterocycles. The Morgan fingerprint density at radius 1 is 1.02 bits per heavy atom. The molecule has 10 nitrogen and oxygen atoms in total. The van der Waals surface area contributed by atoms with E-state index in [0.29, 0.717) is 24.6 Å². The number of imidazole rings is 1. The molecule has 0 spiro atoms. The van der Waals surface area contributed by atoms with Crippen LogP contribution in [0.25, 0.3) is 21.9 Å². The molecular weight excluding hydrogens is 530 g/mol. The molecule has 220 valence electrons. The molecule has 4 heterocycles. The Kier molecular flexibility index (Phi) is 7.88. The second kappa shape index (κ2) is 11.9. The number of piperazine rings is 1. The predicted octanol–water partition coefficient (Wildman–Crippen LogP) is 4.34. The van der Waals surface area contributed by atoms with Gasteiger partial charge in [-0.2, -0.15) is 0 Å². The highest BCUT2D eigenvalue weighted by Gasteiger charge is 2.33. The Morgan fingerprint density at radius 3 is 2.45 bits per heavy atom. The van der Waals surface area contributed by atoms with Crippen LogP contribution in [0.1, 0.15) is 41.4 Å². The number of nitrogens with zero attached hydrogens (tertiary/aromatic N) is 5. The number of amides is 2. The average Bonchev–Trinajstić information content (AvgIpc) is 3.69. The highest BCUT2D eigenvalue weighted by Crippen LogP contribution is 2.42. The molecule has 0 saturated carbocycles. The van der Waals surface area contributed by atoms with E-state index in [0.717, 1.165) is 78.9 Å². The summed E-state index contributed by atoms with van der Waals surface area (Å²) in [6.07, 6.45) is 8.04. The van der Waals surface area contributed by atoms with Crippen LogP contribution in [0, 0.1) is 5.92 Å². The Bertz CT molecular complexity index is 1540. The number of benzene rings is 2. The summed E-state index contributed by atoms with van der Waals surface area (Å²) in [5, 5.41) is 2.19. The van der Waals surface area contributed by atoms with E-state index in [1.165, 1.54) is 7.11 Å². The summed E-state index contributed by atoms with van der Waals surface area (Å²) in [7, 11) is 3.56. The normalized spacial score (nSPS) is 17.5. The molecule has 0 radical (unpaired) electrons. The van der Waals surface area contributed by atoms with Crippen LogP contribution in [0.2, 0.25) is 0 Å². The van der Waals surface area contributed by atoms with Crippen LogP contribution in [0.15, 0.2) is 61.2 Å². The first-order chi connectivity index (χ1) is 20.4. The minimum absolute atomic E-state index is 0.0985. The molecule has 10 heteroatoms. The van der Waals surface area contributed by atoms with Crippen LogP contribution in [-0.4, -0.2) is 89.8 Å². The summed E-state index contributed by atoms with van der Waals surface area (Å²) in [4.78, 5) is 39.7. The number of aromatic amines is 1. The van der Waals surface area contributed by atoms with Gasteiger partial charge in [0.15, 0.2) is 0 Å². The van der Waals surface area contributed by atoms with Gasteiger partial charge in [-0.25, -0.2) is 9.78 Å². The highest BCUT2D eigenvalue weighted by molar-refractivity contribution is 6.09. The van der Waals surface area contributed by atoms with Crippen LogP contribution in [0.4, 0.5) is 10.6 Å². The zero-order valence-electron chi connectivity index (χ0n) is 24.3. The third kappa shape index (κ3) is 5.34. The maximum Gasteiger partial charge on any atom is 0.409 e. The number of carbonyl (C=O) groups is 2. The molecule has 1 atom stereocenters. The molecule has 3 N–H and O–H groups in total. The van der Waals surface area contributed by atoms with Gasteiger partial charge in [0, 0.05) is 51.0 Å². The van der Waals surface area contributed by atoms with E-state index in [1.54, 1.807) is 11.2 Å². The van der Waals surface area contributed by atoms with Gasteiger partial charge >= 0.3 is 6.09 Å². The van der Waals surface area contributed by atoms with Crippen molar-refractivity contribution in [3.05, 3.63) is 72.4 Å². The van der Waals surface area contributed by atoms with E-state index in [9.17, 15) is 9.59 Å². The molecule has 0 aliphatic carbocycles. The number of anilines is 1. The number of primary amides is 1. The minimum Gasteiger partial charge on any atom is -0.453 e. The molecule has 4 aromatic rings. The van der Waals surface area contributed by atoms with Crippen molar-refractivity contribution in [3.63, 3.8) is 0 Å². The van der Waals surface area contributed by atoms with Crippen molar-refractivity contribution in [3.8, 4) is 11.1 Å². The average molecular weight is 570 g/mol. The van der Waals surface area contributed by atoms with Crippen LogP contribution in [-0.2, 0) is 4.74 Å². The van der Waals surface area contributed by atoms with E-state index < -0.39 is 5.91 Å². The van der Waals surface area contributed by atoms with Gasteiger partial charge in [-0.1, -0.05) is 42.5 Å². The zero-order valence-corrected chi connectivity index (χ0v) is 24.3. The Morgan fingerprint density at radius 2 is 1.76 bits per heavy atom. The molecule has 1 unspecified atom stereocenters. The summed E-state index contributed by atoms with van der Waals surface area (Å²) in [6.45, 7) is 4.71. The predicted molar refractivity (Wildman–Crippen MR) is 164 cm³/mol. The minimum atomic E-state index is -0.430. The maximum absolute atomic E-state index is 13.4. The SMILES string of the molecule is COC(=O)N1CCC(CC(c2cnc[nH]2)n2cc(-c3cccc4ccccc34)c(C(N)=O)c2N2CCN(C)CC2)CC1. The Labute approximate surface area is 246 Å². The van der Waals surface area contributed by atoms with Crippen molar-refractivity contribution in [1.82, 2.24) is 24.3 Å². The van der Waals surface area contributed by atoms with Crippen molar-refractivity contribution in [2.24, 2.45) is 11.7 Å². The lowest BCUT2D eigenvalue weighted by atomic mass is 9.89. The van der Waals surface area contributed by atoms with Crippen molar-refractivity contribution < 1.29 is 14.3 Å². The number of H-pyrrole nitrogens is 1. The van der Waals surface area contributed by atoms with E-state index in [4.69, 9.17) is 10.5 Å². The standard InChI is InChI=1S/C32H39N7O3/c1-36-14-16-37(17-15-36)31-29(30(33)40)26(25-9-5-7-23-6-3-4-8-24(23)25)20-39(31)28(27-19-34-21-35-27)18-22-10-12-38(13-11-22)32(41)42-2/h3-9,19-22,28H,10-18H2,1-2H3,(H2,33,40)(H,34,35). The van der Waals surface area contributed by atoms with Crippen LogP contribution in [0.3, 0.4) is 0 Å². The van der Waals surface area contributed by atoms with E-state index in [2.05, 4.69) is 61.8 Å². The topological polar surface area (TPSA) is 113 Å². The number of ether oxygens (including phenoxy) is 1. The van der Waals surface area contributed by atoms with Gasteiger partial charge < -0.3 is 34.7 Å². The van der Waals surface area contributed by atoms with Crippen molar-refractivity contribution in [1.29, 1.82) is 0 Å². The zero-order chi connectivity index (χ0) is 29.2. The van der Waals surface area contributed by atoms with Crippen LogP contribution >= 0.6 is 0 Å². The number of aromatic nitrogens is 3. The first-order valence-corrected chi connectivity index (χ1v) is 14.7. The third-order valence-corrected chi connectivity index (χ3v) is 8.95. The molecule has 42 heavy (non-hydrogen) atoms. The molecule has 2 aliphatic rings. The van der Waals surface area contributed by atoms with E-state index in [-0.39, 0.29) is 12.1 Å². The number of carbonyl (C=O) groups excluding carboxylic acids is 2. The van der Waals surface area contributed by atoms with Gasteiger partial charge in [-0.3, -0.25) is 4.79 Å². The number of likely N-dealkylation sites (N-methyl/N-ethyl adjacent to an activating group) is 1. The number of likely N-dealkylation sites (tertiary alicyclic amines) is 1. The van der Waals surface area contributed by atoms with E-state index in [1.807, 2.05) is 24.4 Å². The molecule has 6 rings (SSSR count). The molecule has 2 amide bonds. The van der Waals surface area contributed by atoms with Crippen molar-refractivity contribution in [2.45, 2.75) is 25.3 Å². The number of fused-ring (bicyclic) bond motifs is 1. The number of rotatable bonds is 7. The van der Waals surface area contributed by atoms with Gasteiger partial charge in [-0.05, 0) is 48.6 Å². The smallest absolute Gasteiger partial charge is 0.409 e. The highest BCUT2D eigenvalue weighted by atomic mass is 16.5. The fourth-order valence-corrected chi connectivity index (χ4v) is 6.63. The monoisotopic (exact) mass is 569 g/mol. The lowest BCUT2D eigenvalue weighted by Gasteiger charge is -2.37. The largest absolute Gasteiger partial charge is 0.453 e. The van der Waals surface area contributed by atoms with Gasteiger partial charge in [-0.15, -0.1) is 0 Å². The molecule has 2 saturated heterocycles.